The summed E-state index contributed by atoms with van der Waals surface area (Å²) >= 11 is 0. The number of benzene rings is 1. The molecule has 3 heterocycles. The number of hydrogen-bond donors (Lipinski definition) is 1. The summed E-state index contributed by atoms with van der Waals surface area (Å²) < 4.78 is 10.5. The van der Waals surface area contributed by atoms with Gasteiger partial charge in [-0.2, -0.15) is 4.98 Å². The van der Waals surface area contributed by atoms with Gasteiger partial charge in [0.1, 0.15) is 11.6 Å². The molecule has 0 aliphatic rings. The first-order valence-electron chi connectivity index (χ1n) is 7.67. The lowest BCUT2D eigenvalue weighted by Crippen LogP contribution is -2.03. The average Bonchev–Trinajstić information content (AvgIpc) is 3.23. The first-order valence-corrected chi connectivity index (χ1v) is 7.67. The molecule has 24 heavy (non-hydrogen) atoms. The van der Waals surface area contributed by atoms with Gasteiger partial charge >= 0.3 is 0 Å². The summed E-state index contributed by atoms with van der Waals surface area (Å²) in [6.45, 7) is 4.35. The van der Waals surface area contributed by atoms with E-state index in [-0.39, 0.29) is 0 Å². The van der Waals surface area contributed by atoms with Crippen molar-refractivity contribution in [3.05, 3.63) is 59.9 Å². The van der Waals surface area contributed by atoms with E-state index in [0.29, 0.717) is 24.1 Å². The maximum atomic E-state index is 5.37. The van der Waals surface area contributed by atoms with Crippen molar-refractivity contribution in [3.8, 4) is 11.4 Å². The van der Waals surface area contributed by atoms with Crippen molar-refractivity contribution in [2.45, 2.75) is 20.4 Å². The average molecular weight is 320 g/mol. The van der Waals surface area contributed by atoms with E-state index in [0.717, 1.165) is 22.2 Å². The van der Waals surface area contributed by atoms with Gasteiger partial charge in [0, 0.05) is 12.3 Å². The van der Waals surface area contributed by atoms with Crippen LogP contribution in [0.15, 0.2) is 51.6 Å². The van der Waals surface area contributed by atoms with Crippen molar-refractivity contribution < 1.29 is 8.94 Å². The van der Waals surface area contributed by atoms with Crippen LogP contribution in [0.4, 0.5) is 5.82 Å². The second-order valence-corrected chi connectivity index (χ2v) is 5.65. The van der Waals surface area contributed by atoms with Gasteiger partial charge in [0.15, 0.2) is 0 Å². The highest BCUT2D eigenvalue weighted by Gasteiger charge is 2.14. The Kier molecular flexibility index (Phi) is 3.49. The molecule has 0 aliphatic heterocycles. The second kappa shape index (κ2) is 5.81. The van der Waals surface area contributed by atoms with E-state index in [1.54, 1.807) is 13.2 Å². The molecular formula is C18H16N4O2. The molecule has 0 fully saturated rings. The van der Waals surface area contributed by atoms with Crippen LogP contribution in [0.3, 0.4) is 0 Å². The van der Waals surface area contributed by atoms with Gasteiger partial charge in [0.05, 0.1) is 23.9 Å². The zero-order valence-electron chi connectivity index (χ0n) is 13.4. The number of aryl methyl sites for hydroxylation is 2. The van der Waals surface area contributed by atoms with Gasteiger partial charge in [-0.1, -0.05) is 16.8 Å². The maximum absolute atomic E-state index is 5.37. The first-order chi connectivity index (χ1) is 11.7. The molecule has 0 unspecified atom stereocenters. The summed E-state index contributed by atoms with van der Waals surface area (Å²) in [4.78, 5) is 9.06. The molecule has 0 bridgehead atoms. The summed E-state index contributed by atoms with van der Waals surface area (Å²) in [7, 11) is 0. The van der Waals surface area contributed by atoms with Crippen LogP contribution in [-0.2, 0) is 6.54 Å². The van der Waals surface area contributed by atoms with Crippen molar-refractivity contribution in [2.24, 2.45) is 0 Å². The Hall–Kier alpha value is -3.15. The third-order valence-electron chi connectivity index (χ3n) is 3.75. The van der Waals surface area contributed by atoms with Crippen LogP contribution in [0.1, 0.15) is 17.2 Å². The largest absolute Gasteiger partial charge is 0.467 e. The van der Waals surface area contributed by atoms with Gasteiger partial charge in [-0.25, -0.2) is 4.98 Å². The lowest BCUT2D eigenvalue weighted by Gasteiger charge is -2.10. The van der Waals surface area contributed by atoms with E-state index >= 15 is 0 Å². The van der Waals surface area contributed by atoms with Gasteiger partial charge in [-0.15, -0.1) is 0 Å². The monoisotopic (exact) mass is 320 g/mol. The quantitative estimate of drug-likeness (QED) is 0.610. The molecule has 3 aromatic heterocycles. The molecule has 1 N–H and O–H groups in total. The van der Waals surface area contributed by atoms with Crippen LogP contribution >= 0.6 is 0 Å². The summed E-state index contributed by atoms with van der Waals surface area (Å²) in [6, 6.07) is 11.9. The van der Waals surface area contributed by atoms with E-state index in [4.69, 9.17) is 13.9 Å². The van der Waals surface area contributed by atoms with Crippen molar-refractivity contribution >= 4 is 16.7 Å². The standard InChI is InChI=1S/C18H16N4O2/c1-11-5-6-16-13(8-11)9-15(18-20-12(2)24-22-18)17(21-16)19-10-14-4-3-7-23-14/h3-9H,10H2,1-2H3,(H,19,21). The molecular weight excluding hydrogens is 304 g/mol. The molecule has 0 aliphatic carbocycles. The minimum Gasteiger partial charge on any atom is -0.467 e. The van der Waals surface area contributed by atoms with E-state index < -0.39 is 0 Å². The molecule has 120 valence electrons. The zero-order valence-corrected chi connectivity index (χ0v) is 13.4. The van der Waals surface area contributed by atoms with Crippen LogP contribution in [0.2, 0.25) is 0 Å². The molecule has 0 amide bonds. The van der Waals surface area contributed by atoms with Crippen LogP contribution in [-0.4, -0.2) is 15.1 Å². The smallest absolute Gasteiger partial charge is 0.223 e. The lowest BCUT2D eigenvalue weighted by atomic mass is 10.1. The molecule has 1 aromatic carbocycles. The minimum absolute atomic E-state index is 0.519. The predicted octanol–water partition coefficient (Wildman–Crippen LogP) is 4.11. The molecule has 0 atom stereocenters. The SMILES string of the molecule is Cc1ccc2nc(NCc3ccco3)c(-c3noc(C)n3)cc2c1. The molecule has 0 saturated carbocycles. The highest BCUT2D eigenvalue weighted by atomic mass is 16.5. The molecule has 0 saturated heterocycles. The van der Waals surface area contributed by atoms with Gasteiger partial charge in [0.2, 0.25) is 11.7 Å². The number of aromatic nitrogens is 3. The number of anilines is 1. The maximum Gasteiger partial charge on any atom is 0.223 e. The molecule has 0 radical (unpaired) electrons. The fourth-order valence-electron chi connectivity index (χ4n) is 2.59. The molecule has 6 nitrogen and oxygen atoms in total. The highest BCUT2D eigenvalue weighted by molar-refractivity contribution is 5.88. The van der Waals surface area contributed by atoms with Crippen LogP contribution in [0.5, 0.6) is 0 Å². The molecule has 0 spiro atoms. The fourth-order valence-corrected chi connectivity index (χ4v) is 2.59. The zero-order chi connectivity index (χ0) is 16.5. The molecule has 4 rings (SSSR count). The Morgan fingerprint density at radius 1 is 1.08 bits per heavy atom. The lowest BCUT2D eigenvalue weighted by molar-refractivity contribution is 0.394. The summed E-state index contributed by atoms with van der Waals surface area (Å²) in [5, 5.41) is 8.37. The predicted molar refractivity (Wildman–Crippen MR) is 90.5 cm³/mol. The van der Waals surface area contributed by atoms with Crippen molar-refractivity contribution in [2.75, 3.05) is 5.32 Å². The minimum atomic E-state index is 0.519. The van der Waals surface area contributed by atoms with E-state index in [2.05, 4.69) is 28.4 Å². The van der Waals surface area contributed by atoms with E-state index in [1.165, 1.54) is 5.56 Å². The summed E-state index contributed by atoms with van der Waals surface area (Å²) in [6.07, 6.45) is 1.65. The second-order valence-electron chi connectivity index (χ2n) is 5.65. The Morgan fingerprint density at radius 3 is 2.75 bits per heavy atom. The third-order valence-corrected chi connectivity index (χ3v) is 3.75. The number of nitrogens with zero attached hydrogens (tertiary/aromatic N) is 3. The van der Waals surface area contributed by atoms with Crippen molar-refractivity contribution in [1.82, 2.24) is 15.1 Å². The van der Waals surface area contributed by atoms with Crippen LogP contribution < -0.4 is 5.32 Å². The van der Waals surface area contributed by atoms with Gasteiger partial charge in [0.25, 0.3) is 0 Å². The van der Waals surface area contributed by atoms with Gasteiger partial charge in [-0.3, -0.25) is 0 Å². The number of fused-ring (bicyclic) bond motifs is 1. The van der Waals surface area contributed by atoms with Crippen molar-refractivity contribution in [3.63, 3.8) is 0 Å². The Labute approximate surface area is 138 Å². The Bertz CT molecular complexity index is 990. The summed E-state index contributed by atoms with van der Waals surface area (Å²) in [5.74, 6) is 2.57. The van der Waals surface area contributed by atoms with Gasteiger partial charge in [-0.05, 0) is 37.3 Å². The Morgan fingerprint density at radius 2 is 2.00 bits per heavy atom. The highest BCUT2D eigenvalue weighted by Crippen LogP contribution is 2.29. The van der Waals surface area contributed by atoms with E-state index in [9.17, 15) is 0 Å². The number of rotatable bonds is 4. The molecule has 4 aromatic rings. The first kappa shape index (κ1) is 14.4. The van der Waals surface area contributed by atoms with Crippen molar-refractivity contribution in [1.29, 1.82) is 0 Å². The number of nitrogens with one attached hydrogen (secondary N) is 1. The van der Waals surface area contributed by atoms with Gasteiger partial charge < -0.3 is 14.3 Å². The fraction of sp³-hybridized carbons (Fsp3) is 0.167. The molecule has 6 heteroatoms. The normalized spacial score (nSPS) is 11.1. The Balaban J connectivity index is 1.80. The van der Waals surface area contributed by atoms with Crippen LogP contribution in [0.25, 0.3) is 22.3 Å². The van der Waals surface area contributed by atoms with E-state index in [1.807, 2.05) is 30.3 Å². The number of pyridine rings is 1. The third kappa shape index (κ3) is 2.74. The van der Waals surface area contributed by atoms with Crippen LogP contribution in [0, 0.1) is 13.8 Å². The number of hydrogen-bond acceptors (Lipinski definition) is 6. The summed E-state index contributed by atoms with van der Waals surface area (Å²) in [5.41, 5.74) is 2.89. The topological polar surface area (TPSA) is 77.0 Å². The number of furan rings is 1.